The molecule has 0 aromatic carbocycles. The van der Waals surface area contributed by atoms with Gasteiger partial charge in [0.15, 0.2) is 0 Å². The van der Waals surface area contributed by atoms with E-state index in [4.69, 9.17) is 5.11 Å². The summed E-state index contributed by atoms with van der Waals surface area (Å²) in [5.41, 5.74) is 0. The summed E-state index contributed by atoms with van der Waals surface area (Å²) in [5, 5.41) is 7.81. The first-order valence-corrected chi connectivity index (χ1v) is 2.79. The first-order chi connectivity index (χ1) is 3.63. The molecular weight excluding hydrogens is 138 g/mol. The summed E-state index contributed by atoms with van der Waals surface area (Å²) in [5.74, 6) is -4.32. The normalized spacial score (nSPS) is 9.88. The number of rotatable bonds is 3. The number of carboxylic acids is 1. The molecule has 0 aliphatic carbocycles. The molecule has 2 nitrogen and oxygen atoms in total. The summed E-state index contributed by atoms with van der Waals surface area (Å²) in [6.45, 7) is 0. The molecule has 0 bridgehead atoms. The number of halogens is 2. The molecule has 0 saturated heterocycles. The summed E-state index contributed by atoms with van der Waals surface area (Å²) in [6.07, 6.45) is 0. The highest BCUT2D eigenvalue weighted by molar-refractivity contribution is 8.00. The van der Waals surface area contributed by atoms with E-state index in [0.29, 0.717) is 0 Å². The zero-order chi connectivity index (χ0) is 6.57. The van der Waals surface area contributed by atoms with Gasteiger partial charge in [-0.05, 0) is 0 Å². The summed E-state index contributed by atoms with van der Waals surface area (Å²) in [6, 6.07) is 0. The van der Waals surface area contributed by atoms with Crippen molar-refractivity contribution in [2.45, 2.75) is 5.76 Å². The molecule has 0 aromatic rings. The van der Waals surface area contributed by atoms with Gasteiger partial charge in [0, 0.05) is 0 Å². The molecule has 0 spiro atoms. The fourth-order valence-corrected chi connectivity index (χ4v) is 0.403. The Morgan fingerprint density at radius 2 is 2.25 bits per heavy atom. The fourth-order valence-electron chi connectivity index (χ4n) is 0.134. The molecule has 1 N–H and O–H groups in total. The largest absolute Gasteiger partial charge is 0.481 e. The molecule has 0 saturated carbocycles. The number of carboxylic acid groups (broad SMARTS) is 1. The number of hydrogen-bond donors (Lipinski definition) is 1. The predicted molar refractivity (Wildman–Crippen MR) is 26.1 cm³/mol. The third kappa shape index (κ3) is 5.68. The predicted octanol–water partition coefficient (Wildman–Crippen LogP) is 1.03. The second-order valence-electron chi connectivity index (χ2n) is 0.965. The lowest BCUT2D eigenvalue weighted by molar-refractivity contribution is -0.133. The van der Waals surface area contributed by atoms with E-state index in [2.05, 4.69) is 0 Å². The Labute approximate surface area is 48.9 Å². The summed E-state index contributed by atoms with van der Waals surface area (Å²) in [7, 11) is 0. The maximum Gasteiger partial charge on any atom is 0.313 e. The van der Waals surface area contributed by atoms with Crippen LogP contribution < -0.4 is 0 Å². The van der Waals surface area contributed by atoms with E-state index >= 15 is 0 Å². The van der Waals surface area contributed by atoms with Gasteiger partial charge in [0.1, 0.15) is 0 Å². The molecule has 0 aliphatic heterocycles. The van der Waals surface area contributed by atoms with Crippen molar-refractivity contribution in [2.75, 3.05) is 5.75 Å². The number of thioether (sulfide) groups is 1. The Morgan fingerprint density at radius 3 is 2.38 bits per heavy atom. The monoisotopic (exact) mass is 142 g/mol. The zero-order valence-electron chi connectivity index (χ0n) is 3.80. The summed E-state index contributed by atoms with van der Waals surface area (Å²) in [4.78, 5) is 9.55. The van der Waals surface area contributed by atoms with Crippen LogP contribution in [0.4, 0.5) is 8.78 Å². The minimum absolute atomic E-state index is 0.106. The molecule has 5 heteroatoms. The molecule has 0 aliphatic rings. The molecule has 0 amide bonds. The lowest BCUT2D eigenvalue weighted by Crippen LogP contribution is -1.99. The van der Waals surface area contributed by atoms with Crippen molar-refractivity contribution in [3.8, 4) is 0 Å². The Morgan fingerprint density at radius 1 is 1.75 bits per heavy atom. The van der Waals surface area contributed by atoms with Crippen molar-refractivity contribution in [2.24, 2.45) is 0 Å². The topological polar surface area (TPSA) is 37.3 Å². The lowest BCUT2D eigenvalue weighted by Gasteiger charge is -1.91. The van der Waals surface area contributed by atoms with E-state index in [1.807, 2.05) is 0 Å². The fraction of sp³-hybridized carbons (Fsp3) is 0.667. The van der Waals surface area contributed by atoms with Crippen LogP contribution in [0.5, 0.6) is 0 Å². The SMILES string of the molecule is O=C(O)CSC(F)F. The van der Waals surface area contributed by atoms with Crippen molar-refractivity contribution in [1.29, 1.82) is 0 Å². The standard InChI is InChI=1S/C3H4F2O2S/c4-3(5)8-1-2(6)7/h3H,1H2,(H,6,7). The molecule has 0 radical (unpaired) electrons. The molecule has 8 heavy (non-hydrogen) atoms. The summed E-state index contributed by atoms with van der Waals surface area (Å²) < 4.78 is 22.2. The van der Waals surface area contributed by atoms with Gasteiger partial charge in [-0.1, -0.05) is 11.8 Å². The Balaban J connectivity index is 3.05. The molecule has 0 aromatic heterocycles. The number of aliphatic carboxylic acids is 1. The minimum atomic E-state index is -2.58. The van der Waals surface area contributed by atoms with E-state index < -0.39 is 17.5 Å². The molecule has 0 rings (SSSR count). The molecule has 0 unspecified atom stereocenters. The van der Waals surface area contributed by atoms with Crippen LogP contribution in [0.3, 0.4) is 0 Å². The Kier molecular flexibility index (Phi) is 3.51. The van der Waals surface area contributed by atoms with Crippen molar-refractivity contribution in [3.05, 3.63) is 0 Å². The van der Waals surface area contributed by atoms with Crippen LogP contribution in [0, 0.1) is 0 Å². The van der Waals surface area contributed by atoms with Crippen LogP contribution in [0.1, 0.15) is 0 Å². The average molecular weight is 142 g/mol. The van der Waals surface area contributed by atoms with Gasteiger partial charge in [-0.3, -0.25) is 4.79 Å². The summed E-state index contributed by atoms with van der Waals surface area (Å²) >= 11 is 0.106. The van der Waals surface area contributed by atoms with Gasteiger partial charge >= 0.3 is 5.97 Å². The number of carbonyl (C=O) groups is 1. The molecule has 48 valence electrons. The van der Waals surface area contributed by atoms with Crippen LogP contribution >= 0.6 is 11.8 Å². The number of alkyl halides is 2. The van der Waals surface area contributed by atoms with Gasteiger partial charge in [-0.2, -0.15) is 8.78 Å². The van der Waals surface area contributed by atoms with Gasteiger partial charge in [0.2, 0.25) is 0 Å². The highest BCUT2D eigenvalue weighted by atomic mass is 32.2. The van der Waals surface area contributed by atoms with E-state index in [9.17, 15) is 13.6 Å². The van der Waals surface area contributed by atoms with Crippen molar-refractivity contribution in [3.63, 3.8) is 0 Å². The van der Waals surface area contributed by atoms with Gasteiger partial charge in [-0.25, -0.2) is 0 Å². The number of hydrogen-bond acceptors (Lipinski definition) is 2. The van der Waals surface area contributed by atoms with Gasteiger partial charge < -0.3 is 5.11 Å². The second-order valence-corrected chi connectivity index (χ2v) is 1.94. The van der Waals surface area contributed by atoms with E-state index in [-0.39, 0.29) is 11.8 Å². The van der Waals surface area contributed by atoms with Gasteiger partial charge in [0.05, 0.1) is 5.75 Å². The third-order valence-electron chi connectivity index (χ3n) is 0.333. The minimum Gasteiger partial charge on any atom is -0.481 e. The quantitative estimate of drug-likeness (QED) is 0.639. The molecular formula is C3H4F2O2S. The first-order valence-electron chi connectivity index (χ1n) is 1.74. The van der Waals surface area contributed by atoms with Crippen molar-refractivity contribution < 1.29 is 18.7 Å². The average Bonchev–Trinajstić information content (AvgIpc) is 1.61. The highest BCUT2D eigenvalue weighted by Crippen LogP contribution is 2.11. The lowest BCUT2D eigenvalue weighted by atomic mass is 10.8. The second kappa shape index (κ2) is 3.65. The van der Waals surface area contributed by atoms with Crippen LogP contribution in [0.25, 0.3) is 0 Å². The third-order valence-corrected chi connectivity index (χ3v) is 0.998. The van der Waals surface area contributed by atoms with Crippen LogP contribution in [0.2, 0.25) is 0 Å². The maximum atomic E-state index is 11.1. The highest BCUT2D eigenvalue weighted by Gasteiger charge is 2.04. The van der Waals surface area contributed by atoms with Crippen LogP contribution in [-0.4, -0.2) is 22.6 Å². The molecule has 0 atom stereocenters. The molecule has 0 fully saturated rings. The molecule has 0 heterocycles. The van der Waals surface area contributed by atoms with Gasteiger partial charge in [0.25, 0.3) is 5.76 Å². The van der Waals surface area contributed by atoms with Crippen molar-refractivity contribution in [1.82, 2.24) is 0 Å². The first kappa shape index (κ1) is 7.68. The smallest absolute Gasteiger partial charge is 0.313 e. The maximum absolute atomic E-state index is 11.1. The van der Waals surface area contributed by atoms with Crippen molar-refractivity contribution >= 4 is 17.7 Å². The van der Waals surface area contributed by atoms with E-state index in [1.54, 1.807) is 0 Å². The van der Waals surface area contributed by atoms with Crippen LogP contribution in [-0.2, 0) is 4.79 Å². The van der Waals surface area contributed by atoms with Crippen LogP contribution in [0.15, 0.2) is 0 Å². The Hall–Kier alpha value is -0.320. The van der Waals surface area contributed by atoms with E-state index in [0.717, 1.165) is 0 Å². The van der Waals surface area contributed by atoms with E-state index in [1.165, 1.54) is 0 Å². The zero-order valence-corrected chi connectivity index (χ0v) is 4.62. The Bertz CT molecular complexity index is 85.4. The van der Waals surface area contributed by atoms with Gasteiger partial charge in [-0.15, -0.1) is 0 Å².